The topological polar surface area (TPSA) is 52.7 Å². The van der Waals surface area contributed by atoms with Gasteiger partial charge in [-0.05, 0) is 30.4 Å². The lowest BCUT2D eigenvalue weighted by Crippen LogP contribution is -2.51. The highest BCUT2D eigenvalue weighted by molar-refractivity contribution is 7.10. The standard InChI is InChI=1S/C16H23N3O2S/c1-12-10-19(8-6-17-12)16(21)3-2-15(20)18-7-4-14-13(11-18)5-9-22-14/h5,9,12,17H,2-4,6-8,10-11H2,1H3. The molecule has 2 aliphatic heterocycles. The molecular formula is C16H23N3O2S. The van der Waals surface area contributed by atoms with Gasteiger partial charge in [0.2, 0.25) is 11.8 Å². The van der Waals surface area contributed by atoms with Gasteiger partial charge in [0, 0.05) is 56.5 Å². The summed E-state index contributed by atoms with van der Waals surface area (Å²) in [5.41, 5.74) is 1.27. The van der Waals surface area contributed by atoms with E-state index in [4.69, 9.17) is 0 Å². The van der Waals surface area contributed by atoms with Crippen molar-refractivity contribution in [3.8, 4) is 0 Å². The van der Waals surface area contributed by atoms with E-state index in [0.29, 0.717) is 25.4 Å². The van der Waals surface area contributed by atoms with Gasteiger partial charge in [0.15, 0.2) is 0 Å². The Balaban J connectivity index is 1.47. The van der Waals surface area contributed by atoms with Crippen LogP contribution in [0.2, 0.25) is 0 Å². The van der Waals surface area contributed by atoms with Gasteiger partial charge in [-0.3, -0.25) is 9.59 Å². The molecule has 1 aromatic rings. The van der Waals surface area contributed by atoms with Gasteiger partial charge in [-0.25, -0.2) is 0 Å². The van der Waals surface area contributed by atoms with E-state index in [1.165, 1.54) is 10.4 Å². The maximum atomic E-state index is 12.3. The molecule has 2 amide bonds. The van der Waals surface area contributed by atoms with E-state index in [2.05, 4.69) is 23.7 Å². The molecule has 1 saturated heterocycles. The lowest BCUT2D eigenvalue weighted by molar-refractivity contribution is -0.138. The molecule has 1 unspecified atom stereocenters. The Hall–Kier alpha value is -1.40. The van der Waals surface area contributed by atoms with Crippen LogP contribution in [0, 0.1) is 0 Å². The van der Waals surface area contributed by atoms with Crippen LogP contribution in [0.15, 0.2) is 11.4 Å². The Labute approximate surface area is 135 Å². The summed E-state index contributed by atoms with van der Waals surface area (Å²) in [6.07, 6.45) is 1.61. The third-order valence-corrected chi connectivity index (χ3v) is 5.46. The van der Waals surface area contributed by atoms with E-state index in [1.54, 1.807) is 11.3 Å². The fourth-order valence-electron chi connectivity index (χ4n) is 3.15. The highest BCUT2D eigenvalue weighted by Crippen LogP contribution is 2.24. The number of piperazine rings is 1. The van der Waals surface area contributed by atoms with Crippen LogP contribution in [0.5, 0.6) is 0 Å². The van der Waals surface area contributed by atoms with E-state index in [0.717, 1.165) is 32.6 Å². The van der Waals surface area contributed by atoms with Crippen LogP contribution in [0.3, 0.4) is 0 Å². The van der Waals surface area contributed by atoms with Crippen LogP contribution in [0.4, 0.5) is 0 Å². The fraction of sp³-hybridized carbons (Fsp3) is 0.625. The van der Waals surface area contributed by atoms with E-state index >= 15 is 0 Å². The Morgan fingerprint density at radius 3 is 2.82 bits per heavy atom. The van der Waals surface area contributed by atoms with E-state index in [1.807, 2.05) is 9.80 Å². The smallest absolute Gasteiger partial charge is 0.223 e. The lowest BCUT2D eigenvalue weighted by atomic mass is 10.1. The third kappa shape index (κ3) is 3.50. The zero-order valence-electron chi connectivity index (χ0n) is 13.0. The molecule has 120 valence electrons. The van der Waals surface area contributed by atoms with Crippen molar-refractivity contribution in [2.24, 2.45) is 0 Å². The molecule has 0 aliphatic carbocycles. The number of fused-ring (bicyclic) bond motifs is 1. The van der Waals surface area contributed by atoms with Crippen molar-refractivity contribution < 1.29 is 9.59 Å². The van der Waals surface area contributed by atoms with Crippen molar-refractivity contribution in [2.45, 2.75) is 38.8 Å². The van der Waals surface area contributed by atoms with Gasteiger partial charge >= 0.3 is 0 Å². The number of hydrogen-bond donors (Lipinski definition) is 1. The summed E-state index contributed by atoms with van der Waals surface area (Å²) in [7, 11) is 0. The maximum Gasteiger partial charge on any atom is 0.223 e. The quantitative estimate of drug-likeness (QED) is 0.911. The molecule has 3 heterocycles. The first-order valence-corrected chi connectivity index (χ1v) is 8.85. The molecule has 0 radical (unpaired) electrons. The molecule has 1 atom stereocenters. The molecule has 3 rings (SSSR count). The number of nitrogens with one attached hydrogen (secondary N) is 1. The summed E-state index contributed by atoms with van der Waals surface area (Å²) in [5, 5.41) is 5.41. The van der Waals surface area contributed by atoms with Gasteiger partial charge in [0.1, 0.15) is 0 Å². The summed E-state index contributed by atoms with van der Waals surface area (Å²) in [6.45, 7) is 5.90. The number of carbonyl (C=O) groups excluding carboxylic acids is 2. The zero-order valence-corrected chi connectivity index (χ0v) is 13.8. The largest absolute Gasteiger partial charge is 0.340 e. The van der Waals surface area contributed by atoms with Crippen LogP contribution < -0.4 is 5.32 Å². The van der Waals surface area contributed by atoms with E-state index in [-0.39, 0.29) is 11.8 Å². The summed E-state index contributed by atoms with van der Waals surface area (Å²) in [5.74, 6) is 0.211. The first kappa shape index (κ1) is 15.5. The van der Waals surface area contributed by atoms with Crippen LogP contribution in [0.25, 0.3) is 0 Å². The molecule has 1 aromatic heterocycles. The minimum Gasteiger partial charge on any atom is -0.340 e. The molecular weight excluding hydrogens is 298 g/mol. The molecule has 0 aromatic carbocycles. The molecule has 6 heteroatoms. The van der Waals surface area contributed by atoms with Crippen molar-refractivity contribution in [1.82, 2.24) is 15.1 Å². The number of carbonyl (C=O) groups is 2. The SMILES string of the molecule is CC1CN(C(=O)CCC(=O)N2CCc3sccc3C2)CCN1. The molecule has 0 saturated carbocycles. The summed E-state index contributed by atoms with van der Waals surface area (Å²) >= 11 is 1.77. The Kier molecular flexibility index (Phi) is 4.78. The number of nitrogens with zero attached hydrogens (tertiary/aromatic N) is 2. The van der Waals surface area contributed by atoms with Crippen LogP contribution in [-0.4, -0.2) is 53.8 Å². The Morgan fingerprint density at radius 1 is 1.27 bits per heavy atom. The van der Waals surface area contributed by atoms with Crippen molar-refractivity contribution in [1.29, 1.82) is 0 Å². The van der Waals surface area contributed by atoms with Gasteiger partial charge in [0.05, 0.1) is 0 Å². The molecule has 0 bridgehead atoms. The first-order valence-electron chi connectivity index (χ1n) is 7.97. The molecule has 2 aliphatic rings. The van der Waals surface area contributed by atoms with Crippen LogP contribution in [-0.2, 0) is 22.6 Å². The zero-order chi connectivity index (χ0) is 15.5. The first-order chi connectivity index (χ1) is 10.6. The predicted molar refractivity (Wildman–Crippen MR) is 86.7 cm³/mol. The molecule has 1 fully saturated rings. The molecule has 0 spiro atoms. The second-order valence-corrected chi connectivity index (χ2v) is 7.13. The van der Waals surface area contributed by atoms with Gasteiger partial charge in [-0.2, -0.15) is 0 Å². The van der Waals surface area contributed by atoms with Gasteiger partial charge in [-0.1, -0.05) is 0 Å². The number of hydrogen-bond acceptors (Lipinski definition) is 4. The molecule has 22 heavy (non-hydrogen) atoms. The second kappa shape index (κ2) is 6.79. The van der Waals surface area contributed by atoms with Crippen molar-refractivity contribution in [2.75, 3.05) is 26.2 Å². The monoisotopic (exact) mass is 321 g/mol. The number of rotatable bonds is 3. The Morgan fingerprint density at radius 2 is 2.05 bits per heavy atom. The van der Waals surface area contributed by atoms with Crippen molar-refractivity contribution in [3.05, 3.63) is 21.9 Å². The van der Waals surface area contributed by atoms with Crippen molar-refractivity contribution >= 4 is 23.2 Å². The van der Waals surface area contributed by atoms with Crippen LogP contribution in [0.1, 0.15) is 30.2 Å². The van der Waals surface area contributed by atoms with Crippen LogP contribution >= 0.6 is 11.3 Å². The van der Waals surface area contributed by atoms with Crippen molar-refractivity contribution in [3.63, 3.8) is 0 Å². The number of amides is 2. The minimum absolute atomic E-state index is 0.105. The van der Waals surface area contributed by atoms with E-state index < -0.39 is 0 Å². The maximum absolute atomic E-state index is 12.3. The highest BCUT2D eigenvalue weighted by atomic mass is 32.1. The van der Waals surface area contributed by atoms with Gasteiger partial charge < -0.3 is 15.1 Å². The predicted octanol–water partition coefficient (Wildman–Crippen LogP) is 1.23. The highest BCUT2D eigenvalue weighted by Gasteiger charge is 2.24. The number of thiophene rings is 1. The molecule has 5 nitrogen and oxygen atoms in total. The lowest BCUT2D eigenvalue weighted by Gasteiger charge is -2.32. The molecule has 1 N–H and O–H groups in total. The van der Waals surface area contributed by atoms with Gasteiger partial charge in [0.25, 0.3) is 0 Å². The average molecular weight is 321 g/mol. The van der Waals surface area contributed by atoms with Gasteiger partial charge in [-0.15, -0.1) is 11.3 Å². The average Bonchev–Trinajstić information content (AvgIpc) is 2.99. The second-order valence-electron chi connectivity index (χ2n) is 6.13. The normalized spacial score (nSPS) is 21.6. The summed E-state index contributed by atoms with van der Waals surface area (Å²) < 4.78 is 0. The Bertz CT molecular complexity index is 557. The minimum atomic E-state index is 0.105. The summed E-state index contributed by atoms with van der Waals surface area (Å²) in [6, 6.07) is 2.44. The van der Waals surface area contributed by atoms with E-state index in [9.17, 15) is 9.59 Å². The summed E-state index contributed by atoms with van der Waals surface area (Å²) in [4.78, 5) is 29.7. The third-order valence-electron chi connectivity index (χ3n) is 4.43. The fourth-order valence-corrected chi connectivity index (χ4v) is 4.04.